The summed E-state index contributed by atoms with van der Waals surface area (Å²) in [5.41, 5.74) is 4.13. The number of hydrogen-bond acceptors (Lipinski definition) is 10. The molecule has 59 heavy (non-hydrogen) atoms. The Balaban J connectivity index is 1.54. The van der Waals surface area contributed by atoms with Crippen LogP contribution in [0.3, 0.4) is 0 Å². The van der Waals surface area contributed by atoms with E-state index in [2.05, 4.69) is 13.8 Å². The summed E-state index contributed by atoms with van der Waals surface area (Å²) in [6.45, 7) is 4.95. The number of rotatable bonds is 22. The number of hydrogen-bond donors (Lipinski definition) is 0. The fourth-order valence-corrected chi connectivity index (χ4v) is 6.40. The van der Waals surface area contributed by atoms with Gasteiger partial charge < -0.3 is 37.9 Å². The third-order valence-corrected chi connectivity index (χ3v) is 9.80. The highest BCUT2D eigenvalue weighted by Gasteiger charge is 2.19. The van der Waals surface area contributed by atoms with Crippen molar-refractivity contribution < 1.29 is 47.5 Å². The largest absolute Gasteiger partial charge is 0.496 e. The first kappa shape index (κ1) is 43.4. The summed E-state index contributed by atoms with van der Waals surface area (Å²) < 4.78 is 48.1. The Morgan fingerprint density at radius 2 is 0.932 bits per heavy atom. The maximum Gasteiger partial charge on any atom is 0.211 e. The number of methoxy groups -OCH3 is 5. The third-order valence-electron chi connectivity index (χ3n) is 9.80. The zero-order valence-electron chi connectivity index (χ0n) is 34.7. The maximum absolute atomic E-state index is 11.2. The summed E-state index contributed by atoms with van der Waals surface area (Å²) in [6, 6.07) is 24.9. The Morgan fingerprint density at radius 3 is 1.34 bits per heavy atom. The van der Waals surface area contributed by atoms with E-state index in [4.69, 9.17) is 37.9 Å². The molecule has 0 fully saturated rings. The second-order valence-electron chi connectivity index (χ2n) is 13.5. The monoisotopic (exact) mass is 800 g/mol. The van der Waals surface area contributed by atoms with Crippen molar-refractivity contribution >= 4 is 36.9 Å². The van der Waals surface area contributed by atoms with Crippen molar-refractivity contribution in [1.29, 1.82) is 0 Å². The molecule has 0 aliphatic rings. The molecule has 10 heteroatoms. The van der Waals surface area contributed by atoms with Gasteiger partial charge >= 0.3 is 0 Å². The van der Waals surface area contributed by atoms with Crippen LogP contribution in [0.4, 0.5) is 0 Å². The molecule has 308 valence electrons. The highest BCUT2D eigenvalue weighted by Crippen LogP contribution is 2.45. The maximum atomic E-state index is 11.2. The van der Waals surface area contributed by atoms with Crippen LogP contribution < -0.4 is 37.9 Å². The predicted molar refractivity (Wildman–Crippen MR) is 233 cm³/mol. The van der Waals surface area contributed by atoms with Crippen LogP contribution in [-0.4, -0.2) is 54.7 Å². The zero-order valence-corrected chi connectivity index (χ0v) is 34.7. The molecule has 5 aromatic carbocycles. The highest BCUT2D eigenvalue weighted by molar-refractivity contribution is 5.83. The van der Waals surface area contributed by atoms with Gasteiger partial charge in [0.25, 0.3) is 0 Å². The molecule has 10 nitrogen and oxygen atoms in total. The van der Waals surface area contributed by atoms with Gasteiger partial charge in [0, 0.05) is 33.4 Å². The first-order valence-electron chi connectivity index (χ1n) is 19.5. The number of ether oxygens (including phenoxy) is 8. The van der Waals surface area contributed by atoms with Gasteiger partial charge in [-0.2, -0.15) is 0 Å². The van der Waals surface area contributed by atoms with Crippen molar-refractivity contribution in [2.45, 2.75) is 39.5 Å². The molecule has 1 unspecified atom stereocenters. The summed E-state index contributed by atoms with van der Waals surface area (Å²) in [4.78, 5) is 22.4. The van der Waals surface area contributed by atoms with E-state index >= 15 is 0 Å². The smallest absolute Gasteiger partial charge is 0.211 e. The van der Waals surface area contributed by atoms with Crippen LogP contribution in [-0.2, 0) is 0 Å². The van der Waals surface area contributed by atoms with Gasteiger partial charge in [0.15, 0.2) is 23.0 Å². The van der Waals surface area contributed by atoms with Crippen LogP contribution in [0.2, 0.25) is 0 Å². The van der Waals surface area contributed by atoms with E-state index < -0.39 is 0 Å². The summed E-state index contributed by atoms with van der Waals surface area (Å²) in [7, 11) is 7.91. The minimum Gasteiger partial charge on any atom is -0.496 e. The average molecular weight is 801 g/mol. The lowest BCUT2D eigenvalue weighted by atomic mass is 10.0. The van der Waals surface area contributed by atoms with E-state index in [1.165, 1.54) is 0 Å². The standard InChI is InChI=1S/C49H52O10/c1-8-10-11-33(9-2)32-57-45-29-38(18-16-36-20-26-42(52-3)48(46(36)55-6)58-40-22-12-34(30-50)13-23-40)44(54-5)28-39(45)19-17-37-21-27-43(53-4)49(47(37)56-7)59-41-24-14-35(31-51)15-25-41/h12-31,33H,8-11,32H2,1-7H3. The lowest BCUT2D eigenvalue weighted by Crippen LogP contribution is -2.12. The molecule has 1 atom stereocenters. The first-order chi connectivity index (χ1) is 28.8. The minimum absolute atomic E-state index is 0.392. The Labute approximate surface area is 346 Å². The fourth-order valence-electron chi connectivity index (χ4n) is 6.40. The van der Waals surface area contributed by atoms with Crippen LogP contribution in [0.15, 0.2) is 84.9 Å². The van der Waals surface area contributed by atoms with Gasteiger partial charge in [-0.15, -0.1) is 0 Å². The van der Waals surface area contributed by atoms with Crippen LogP contribution in [0.1, 0.15) is 82.5 Å². The van der Waals surface area contributed by atoms with Gasteiger partial charge in [-0.25, -0.2) is 0 Å². The lowest BCUT2D eigenvalue weighted by Gasteiger charge is -2.19. The van der Waals surface area contributed by atoms with Crippen LogP contribution in [0.25, 0.3) is 24.3 Å². The molecule has 0 bridgehead atoms. The van der Waals surface area contributed by atoms with Crippen LogP contribution in [0.5, 0.6) is 57.5 Å². The molecule has 0 N–H and O–H groups in total. The summed E-state index contributed by atoms with van der Waals surface area (Å²) in [5.74, 6) is 5.42. The number of carbonyl (C=O) groups is 2. The Kier molecular flexibility index (Phi) is 16.0. The van der Waals surface area contributed by atoms with Crippen molar-refractivity contribution in [3.05, 3.63) is 118 Å². The SMILES string of the molecule is CCCCC(CC)COc1cc(C=Cc2ccc(OC)c(Oc3ccc(C=O)cc3)c2OC)c(OC)cc1C=Cc1ccc(OC)c(Oc2ccc(C=O)cc2)c1OC. The molecular formula is C49H52O10. The third kappa shape index (κ3) is 11.0. The van der Waals surface area contributed by atoms with Crippen molar-refractivity contribution in [3.8, 4) is 57.5 Å². The van der Waals surface area contributed by atoms with Crippen molar-refractivity contribution in [2.24, 2.45) is 5.92 Å². The van der Waals surface area contributed by atoms with E-state index in [9.17, 15) is 9.59 Å². The summed E-state index contributed by atoms with van der Waals surface area (Å²) >= 11 is 0. The fraction of sp³-hybridized carbons (Fsp3) is 0.265. The van der Waals surface area contributed by atoms with E-state index in [1.807, 2.05) is 60.7 Å². The Hall–Kier alpha value is -6.68. The Morgan fingerprint density at radius 1 is 0.492 bits per heavy atom. The molecule has 0 aromatic heterocycles. The average Bonchev–Trinajstić information content (AvgIpc) is 3.28. The molecule has 0 spiro atoms. The lowest BCUT2D eigenvalue weighted by molar-refractivity contribution is 0.111. The molecule has 0 amide bonds. The van der Waals surface area contributed by atoms with Crippen LogP contribution >= 0.6 is 0 Å². The molecule has 0 saturated carbocycles. The Bertz CT molecular complexity index is 2220. The topological polar surface area (TPSA) is 108 Å². The number of carbonyl (C=O) groups excluding carboxylic acids is 2. The zero-order chi connectivity index (χ0) is 42.1. The molecule has 0 aliphatic carbocycles. The molecule has 5 rings (SSSR count). The minimum atomic E-state index is 0.392. The van der Waals surface area contributed by atoms with E-state index in [-0.39, 0.29) is 0 Å². The summed E-state index contributed by atoms with van der Waals surface area (Å²) in [5, 5.41) is 0. The van der Waals surface area contributed by atoms with Gasteiger partial charge in [0.05, 0.1) is 42.2 Å². The van der Waals surface area contributed by atoms with E-state index in [1.54, 1.807) is 84.1 Å². The highest BCUT2D eigenvalue weighted by atomic mass is 16.5. The van der Waals surface area contributed by atoms with E-state index in [0.29, 0.717) is 81.1 Å². The molecule has 5 aromatic rings. The quantitative estimate of drug-likeness (QED) is 0.0496. The van der Waals surface area contributed by atoms with Crippen LogP contribution in [0, 0.1) is 5.92 Å². The second-order valence-corrected chi connectivity index (χ2v) is 13.5. The van der Waals surface area contributed by atoms with Gasteiger partial charge in [-0.05, 0) is 97.3 Å². The molecule has 0 aliphatic heterocycles. The van der Waals surface area contributed by atoms with Crippen molar-refractivity contribution in [3.63, 3.8) is 0 Å². The number of aldehydes is 2. The number of benzene rings is 5. The molecule has 0 radical (unpaired) electrons. The predicted octanol–water partition coefficient (Wildman–Crippen LogP) is 11.9. The van der Waals surface area contributed by atoms with E-state index in [0.717, 1.165) is 60.5 Å². The molecular weight excluding hydrogens is 749 g/mol. The van der Waals surface area contributed by atoms with Gasteiger partial charge in [-0.1, -0.05) is 57.4 Å². The number of unbranched alkanes of at least 4 members (excludes halogenated alkanes) is 1. The van der Waals surface area contributed by atoms with Crippen molar-refractivity contribution in [1.82, 2.24) is 0 Å². The van der Waals surface area contributed by atoms with Gasteiger partial charge in [0.1, 0.15) is 35.6 Å². The van der Waals surface area contributed by atoms with Crippen molar-refractivity contribution in [2.75, 3.05) is 42.2 Å². The second kappa shape index (κ2) is 21.7. The van der Waals surface area contributed by atoms with Gasteiger partial charge in [0.2, 0.25) is 11.5 Å². The molecule has 0 saturated heterocycles. The normalized spacial score (nSPS) is 11.6. The molecule has 0 heterocycles. The first-order valence-corrected chi connectivity index (χ1v) is 19.5. The summed E-state index contributed by atoms with van der Waals surface area (Å²) in [6.07, 6.45) is 13.6. The van der Waals surface area contributed by atoms with Gasteiger partial charge in [-0.3, -0.25) is 9.59 Å².